The third-order valence-electron chi connectivity index (χ3n) is 4.40. The second-order valence-corrected chi connectivity index (χ2v) is 11.1. The van der Waals surface area contributed by atoms with Crippen LogP contribution in [0.15, 0.2) is 49.1 Å². The van der Waals surface area contributed by atoms with Crippen molar-refractivity contribution in [3.8, 4) is 11.5 Å². The van der Waals surface area contributed by atoms with Crippen LogP contribution >= 0.6 is 31.9 Å². The molecule has 0 radical (unpaired) electrons. The lowest BCUT2D eigenvalue weighted by Gasteiger charge is -2.13. The van der Waals surface area contributed by atoms with Crippen molar-refractivity contribution in [2.75, 3.05) is 0 Å². The number of rotatable bonds is 4. The number of aromatic hydroxyl groups is 2. The molecule has 0 saturated carbocycles. The summed E-state index contributed by atoms with van der Waals surface area (Å²) in [6.07, 6.45) is 0.0381. The molecule has 184 valence electrons. The molecule has 0 amide bonds. The molecule has 0 saturated heterocycles. The van der Waals surface area contributed by atoms with E-state index in [0.717, 1.165) is 24.3 Å². The van der Waals surface area contributed by atoms with Crippen molar-refractivity contribution in [1.29, 1.82) is 0 Å². The Morgan fingerprint density at radius 1 is 0.941 bits per heavy atom. The Kier molecular flexibility index (Phi) is 8.33. The number of halogens is 3. The van der Waals surface area contributed by atoms with Crippen molar-refractivity contribution in [2.45, 2.75) is 23.1 Å². The van der Waals surface area contributed by atoms with Gasteiger partial charge in [0.2, 0.25) is 0 Å². The summed E-state index contributed by atoms with van der Waals surface area (Å²) in [5, 5.41) is 28.1. The molecule has 0 aliphatic heterocycles. The minimum Gasteiger partial charge on any atom is -0.507 e. The lowest BCUT2D eigenvalue weighted by molar-refractivity contribution is 0.0691. The van der Waals surface area contributed by atoms with Gasteiger partial charge in [0, 0.05) is 20.6 Å². The van der Waals surface area contributed by atoms with Crippen molar-refractivity contribution in [3.63, 3.8) is 0 Å². The van der Waals surface area contributed by atoms with Crippen LogP contribution < -0.4 is 0 Å². The quantitative estimate of drug-likeness (QED) is 0.202. The second-order valence-electron chi connectivity index (χ2n) is 6.60. The zero-order valence-electron chi connectivity index (χ0n) is 16.8. The number of fused-ring (bicyclic) bond motifs is 1. The Morgan fingerprint density at radius 3 is 1.97 bits per heavy atom. The molecule has 3 aromatic rings. The molecule has 3 rings (SSSR count). The van der Waals surface area contributed by atoms with Crippen molar-refractivity contribution < 1.29 is 50.4 Å². The maximum atomic E-state index is 12.8. The summed E-state index contributed by atoms with van der Waals surface area (Å²) < 4.78 is 77.1. The lowest BCUT2D eigenvalue weighted by atomic mass is 10.0. The summed E-state index contributed by atoms with van der Waals surface area (Å²) in [7, 11) is -9.32. The van der Waals surface area contributed by atoms with Gasteiger partial charge < -0.3 is 15.3 Å². The van der Waals surface area contributed by atoms with Crippen LogP contribution in [0.4, 0.5) is 4.39 Å². The molecule has 0 heterocycles. The highest BCUT2D eigenvalue weighted by atomic mass is 79.9. The van der Waals surface area contributed by atoms with Crippen molar-refractivity contribution in [3.05, 3.63) is 56.2 Å². The number of hydrogen-bond acceptors (Lipinski definition) is 7. The number of carboxylic acids is 1. The van der Waals surface area contributed by atoms with E-state index in [1.54, 1.807) is 0 Å². The Hall–Kier alpha value is -2.30. The van der Waals surface area contributed by atoms with Crippen LogP contribution in [0, 0.1) is 5.82 Å². The monoisotopic (exact) mass is 644 g/mol. The van der Waals surface area contributed by atoms with Crippen molar-refractivity contribution >= 4 is 68.8 Å². The molecule has 15 heteroatoms. The third kappa shape index (κ3) is 6.03. The van der Waals surface area contributed by atoms with Crippen LogP contribution in [0.3, 0.4) is 0 Å². The maximum absolute atomic E-state index is 12.8. The van der Waals surface area contributed by atoms with Gasteiger partial charge in [-0.05, 0) is 67.9 Å². The SMILES string of the molecule is CCc1c(S(=O)(=O)O)cc2cc(S(=O)(=O)O)cc(O)c2c1O.O=C(O)c1cc(Br)c(Br)cc1F. The molecule has 0 aliphatic rings. The van der Waals surface area contributed by atoms with E-state index in [0.29, 0.717) is 8.95 Å². The molecular weight excluding hydrogens is 631 g/mol. The fourth-order valence-corrected chi connectivity index (χ4v) is 4.92. The predicted molar refractivity (Wildman–Crippen MR) is 125 cm³/mol. The minimum atomic E-state index is -4.67. The third-order valence-corrected chi connectivity index (χ3v) is 7.99. The molecule has 0 atom stereocenters. The molecule has 34 heavy (non-hydrogen) atoms. The number of hydrogen-bond donors (Lipinski definition) is 5. The van der Waals surface area contributed by atoms with Gasteiger partial charge in [-0.15, -0.1) is 0 Å². The van der Waals surface area contributed by atoms with Crippen molar-refractivity contribution in [1.82, 2.24) is 0 Å². The molecule has 0 fully saturated rings. The summed E-state index contributed by atoms with van der Waals surface area (Å²) in [5.74, 6) is -3.27. The second kappa shape index (κ2) is 10.1. The summed E-state index contributed by atoms with van der Waals surface area (Å²) >= 11 is 6.12. The van der Waals surface area contributed by atoms with Gasteiger partial charge in [-0.3, -0.25) is 9.11 Å². The molecule has 3 aromatic carbocycles. The standard InChI is InChI=1S/C12H12O8S2.C7H3Br2FO2/c1-2-8-10(22(18,19)20)4-6-3-7(21(15,16)17)5-9(13)11(6)12(8)14;8-4-1-3(7(11)12)6(10)2-5(4)9/h3-5,13-14H,2H2,1H3,(H,15,16,17)(H,18,19,20);1-2H,(H,11,12). The largest absolute Gasteiger partial charge is 0.507 e. The fraction of sp³-hybridized carbons (Fsp3) is 0.105. The van der Waals surface area contributed by atoms with Gasteiger partial charge >= 0.3 is 5.97 Å². The molecule has 0 bridgehead atoms. The first-order valence-electron chi connectivity index (χ1n) is 8.83. The van der Waals surface area contributed by atoms with Crippen LogP contribution in [0.5, 0.6) is 11.5 Å². The van der Waals surface area contributed by atoms with E-state index in [1.807, 2.05) is 0 Å². The van der Waals surface area contributed by atoms with E-state index < -0.39 is 53.3 Å². The van der Waals surface area contributed by atoms with Gasteiger partial charge in [0.05, 0.1) is 15.8 Å². The average Bonchev–Trinajstić information content (AvgIpc) is 2.69. The molecule has 0 aliphatic carbocycles. The Bertz CT molecular complexity index is 1520. The van der Waals surface area contributed by atoms with E-state index in [-0.39, 0.29) is 28.3 Å². The van der Waals surface area contributed by atoms with Gasteiger partial charge in [0.15, 0.2) is 0 Å². The number of aromatic carboxylic acids is 1. The Morgan fingerprint density at radius 2 is 1.50 bits per heavy atom. The Labute approximate surface area is 209 Å². The molecule has 5 N–H and O–H groups in total. The number of phenolic OH excluding ortho intramolecular Hbond substituents is 2. The highest BCUT2D eigenvalue weighted by Crippen LogP contribution is 2.40. The molecule has 0 aromatic heterocycles. The highest BCUT2D eigenvalue weighted by molar-refractivity contribution is 9.13. The molecule has 0 unspecified atom stereocenters. The zero-order chi connectivity index (χ0) is 26.2. The topological polar surface area (TPSA) is 186 Å². The Balaban J connectivity index is 0.000000287. The van der Waals surface area contributed by atoms with Crippen LogP contribution in [0.25, 0.3) is 10.8 Å². The van der Waals surface area contributed by atoms with Gasteiger partial charge in [0.1, 0.15) is 22.2 Å². The van der Waals surface area contributed by atoms with Gasteiger partial charge in [0.25, 0.3) is 20.2 Å². The van der Waals surface area contributed by atoms with E-state index in [1.165, 1.54) is 13.0 Å². The van der Waals surface area contributed by atoms with Crippen molar-refractivity contribution in [2.24, 2.45) is 0 Å². The van der Waals surface area contributed by atoms with Crippen LogP contribution in [-0.2, 0) is 26.7 Å². The van der Waals surface area contributed by atoms with Crippen LogP contribution in [-0.4, -0.2) is 47.2 Å². The van der Waals surface area contributed by atoms with E-state index >= 15 is 0 Å². The first-order valence-corrected chi connectivity index (χ1v) is 13.3. The fourth-order valence-electron chi connectivity index (χ4n) is 2.90. The average molecular weight is 646 g/mol. The van der Waals surface area contributed by atoms with Crippen LogP contribution in [0.2, 0.25) is 0 Å². The van der Waals surface area contributed by atoms with E-state index in [4.69, 9.17) is 9.66 Å². The molecule has 0 spiro atoms. The van der Waals surface area contributed by atoms with E-state index in [2.05, 4.69) is 31.9 Å². The number of benzene rings is 3. The first kappa shape index (κ1) is 27.9. The smallest absolute Gasteiger partial charge is 0.338 e. The maximum Gasteiger partial charge on any atom is 0.338 e. The van der Waals surface area contributed by atoms with Gasteiger partial charge in [-0.1, -0.05) is 6.92 Å². The summed E-state index contributed by atoms with van der Waals surface area (Å²) in [5.41, 5.74) is -0.463. The number of phenols is 2. The predicted octanol–water partition coefficient (Wildman–Crippen LogP) is 4.36. The molecular formula is C19H15Br2FO10S2. The van der Waals surface area contributed by atoms with E-state index in [9.17, 15) is 40.8 Å². The van der Waals surface area contributed by atoms with Gasteiger partial charge in [-0.25, -0.2) is 9.18 Å². The summed E-state index contributed by atoms with van der Waals surface area (Å²) in [6.45, 7) is 1.53. The summed E-state index contributed by atoms with van der Waals surface area (Å²) in [4.78, 5) is 9.13. The highest BCUT2D eigenvalue weighted by Gasteiger charge is 2.23. The molecule has 10 nitrogen and oxygen atoms in total. The first-order chi connectivity index (χ1) is 15.5. The minimum absolute atomic E-state index is 0.0381. The normalized spacial score (nSPS) is 11.7. The number of carboxylic acid groups (broad SMARTS) is 1. The van der Waals surface area contributed by atoms with Gasteiger partial charge in [-0.2, -0.15) is 16.8 Å². The lowest BCUT2D eigenvalue weighted by Crippen LogP contribution is -2.04. The number of carbonyl (C=O) groups is 1. The summed E-state index contributed by atoms with van der Waals surface area (Å²) in [6, 6.07) is 4.83. The van der Waals surface area contributed by atoms with Crippen LogP contribution in [0.1, 0.15) is 22.8 Å². The zero-order valence-corrected chi connectivity index (χ0v) is 21.6.